The van der Waals surface area contributed by atoms with Crippen molar-refractivity contribution in [2.75, 3.05) is 11.9 Å². The van der Waals surface area contributed by atoms with Gasteiger partial charge in [0.05, 0.1) is 0 Å². The maximum atomic E-state index is 12.9. The number of aromatic nitrogens is 2. The molecule has 1 aromatic carbocycles. The second kappa shape index (κ2) is 6.98. The predicted molar refractivity (Wildman–Crippen MR) is 111 cm³/mol. The molecular weight excluding hydrogens is 382 g/mol. The zero-order valence-electron chi connectivity index (χ0n) is 16.3. The number of fused-ring (bicyclic) bond motifs is 1. The normalized spacial score (nSPS) is 17.7. The number of carbonyl (C=O) groups is 3. The number of rotatable bonds is 4. The molecule has 1 saturated carbocycles. The maximum absolute atomic E-state index is 12.9. The minimum absolute atomic E-state index is 0.304. The molecule has 2 aromatic heterocycles. The van der Waals surface area contributed by atoms with Gasteiger partial charge in [-0.25, -0.2) is 9.78 Å². The van der Waals surface area contributed by atoms with Crippen LogP contribution in [0.25, 0.3) is 16.9 Å². The van der Waals surface area contributed by atoms with Crippen molar-refractivity contribution in [3.63, 3.8) is 0 Å². The molecule has 2 aliphatic rings. The van der Waals surface area contributed by atoms with Crippen molar-refractivity contribution in [1.82, 2.24) is 19.6 Å². The van der Waals surface area contributed by atoms with E-state index in [9.17, 15) is 14.4 Å². The zero-order valence-corrected chi connectivity index (χ0v) is 16.3. The van der Waals surface area contributed by atoms with E-state index in [2.05, 4.69) is 15.6 Å². The molecule has 0 atom stereocenters. The van der Waals surface area contributed by atoms with Crippen LogP contribution in [-0.4, -0.2) is 44.2 Å². The lowest BCUT2D eigenvalue weighted by Gasteiger charge is -2.19. The van der Waals surface area contributed by atoms with Crippen molar-refractivity contribution in [2.24, 2.45) is 0 Å². The number of hydrogen-bond donors (Lipinski definition) is 2. The fraction of sp³-hybridized carbons (Fsp3) is 0.273. The lowest BCUT2D eigenvalue weighted by atomic mass is 9.98. The molecule has 0 bridgehead atoms. The van der Waals surface area contributed by atoms with Crippen molar-refractivity contribution < 1.29 is 14.4 Å². The van der Waals surface area contributed by atoms with Crippen molar-refractivity contribution in [2.45, 2.75) is 31.2 Å². The summed E-state index contributed by atoms with van der Waals surface area (Å²) < 4.78 is 1.78. The average Bonchev–Trinajstić information content (AvgIpc) is 3.43. The second-order valence-corrected chi connectivity index (χ2v) is 7.76. The Morgan fingerprint density at radius 1 is 1.07 bits per heavy atom. The van der Waals surface area contributed by atoms with Crippen LogP contribution in [0.15, 0.2) is 54.7 Å². The highest BCUT2D eigenvalue weighted by Gasteiger charge is 2.52. The molecule has 1 aliphatic heterocycles. The van der Waals surface area contributed by atoms with Gasteiger partial charge in [0, 0.05) is 11.8 Å². The summed E-state index contributed by atoms with van der Waals surface area (Å²) in [4.78, 5) is 43.7. The van der Waals surface area contributed by atoms with E-state index in [0.717, 1.165) is 23.3 Å². The Morgan fingerprint density at radius 2 is 1.80 bits per heavy atom. The van der Waals surface area contributed by atoms with E-state index < -0.39 is 17.5 Å². The standard InChI is InChI=1S/C22H21N5O3/c28-17(14-27-20(29)22(25-21(27)30)11-5-6-12-22)24-19-18(15-8-2-1-3-9-15)23-16-10-4-7-13-26(16)19/h1-4,7-10,13H,5-6,11-12,14H2,(H,24,28)(H,25,30). The summed E-state index contributed by atoms with van der Waals surface area (Å²) in [5, 5.41) is 5.67. The number of anilines is 1. The second-order valence-electron chi connectivity index (χ2n) is 7.76. The molecule has 8 heteroatoms. The Kier molecular flexibility index (Phi) is 4.27. The topological polar surface area (TPSA) is 95.8 Å². The number of pyridine rings is 1. The van der Waals surface area contributed by atoms with Gasteiger partial charge in [-0.1, -0.05) is 49.2 Å². The number of nitrogens with one attached hydrogen (secondary N) is 2. The fourth-order valence-electron chi connectivity index (χ4n) is 4.37. The molecule has 4 amide bonds. The molecule has 1 aliphatic carbocycles. The van der Waals surface area contributed by atoms with Crippen LogP contribution < -0.4 is 10.6 Å². The highest BCUT2D eigenvalue weighted by Crippen LogP contribution is 2.35. The van der Waals surface area contributed by atoms with Crippen molar-refractivity contribution in [1.29, 1.82) is 0 Å². The van der Waals surface area contributed by atoms with Gasteiger partial charge in [0.2, 0.25) is 5.91 Å². The summed E-state index contributed by atoms with van der Waals surface area (Å²) in [7, 11) is 0. The van der Waals surface area contributed by atoms with E-state index in [-0.39, 0.29) is 12.5 Å². The molecule has 0 radical (unpaired) electrons. The van der Waals surface area contributed by atoms with Crippen LogP contribution in [-0.2, 0) is 9.59 Å². The minimum atomic E-state index is -0.824. The Hall–Kier alpha value is -3.68. The van der Waals surface area contributed by atoms with Crippen LogP contribution in [0.4, 0.5) is 10.6 Å². The van der Waals surface area contributed by atoms with Gasteiger partial charge in [-0.15, -0.1) is 0 Å². The van der Waals surface area contributed by atoms with Crippen LogP contribution in [0.1, 0.15) is 25.7 Å². The summed E-state index contributed by atoms with van der Waals surface area (Å²) >= 11 is 0. The highest BCUT2D eigenvalue weighted by molar-refractivity contribution is 6.10. The maximum Gasteiger partial charge on any atom is 0.325 e. The number of amides is 4. The van der Waals surface area contributed by atoms with E-state index in [1.165, 1.54) is 0 Å². The van der Waals surface area contributed by atoms with Gasteiger partial charge >= 0.3 is 6.03 Å². The molecular formula is C22H21N5O3. The Labute approximate surface area is 172 Å². The van der Waals surface area contributed by atoms with Crippen molar-refractivity contribution in [3.8, 4) is 11.3 Å². The van der Waals surface area contributed by atoms with Crippen LogP contribution in [0.5, 0.6) is 0 Å². The molecule has 30 heavy (non-hydrogen) atoms. The third-order valence-electron chi connectivity index (χ3n) is 5.84. The Balaban J connectivity index is 1.43. The summed E-state index contributed by atoms with van der Waals surface area (Å²) in [6.07, 6.45) is 4.86. The first-order valence-corrected chi connectivity index (χ1v) is 10.0. The van der Waals surface area contributed by atoms with E-state index in [4.69, 9.17) is 0 Å². The van der Waals surface area contributed by atoms with Gasteiger partial charge in [-0.3, -0.25) is 18.9 Å². The molecule has 8 nitrogen and oxygen atoms in total. The zero-order chi connectivity index (χ0) is 20.7. The van der Waals surface area contributed by atoms with Gasteiger partial charge in [0.15, 0.2) is 0 Å². The van der Waals surface area contributed by atoms with Crippen LogP contribution >= 0.6 is 0 Å². The first-order chi connectivity index (χ1) is 14.6. The molecule has 0 unspecified atom stereocenters. The predicted octanol–water partition coefficient (Wildman–Crippen LogP) is 2.80. The van der Waals surface area contributed by atoms with Crippen LogP contribution in [0.3, 0.4) is 0 Å². The van der Waals surface area contributed by atoms with Crippen LogP contribution in [0.2, 0.25) is 0 Å². The fourth-order valence-corrected chi connectivity index (χ4v) is 4.37. The van der Waals surface area contributed by atoms with Crippen LogP contribution in [0, 0.1) is 0 Å². The van der Waals surface area contributed by atoms with Gasteiger partial charge in [0.25, 0.3) is 5.91 Å². The number of hydrogen-bond acceptors (Lipinski definition) is 4. The Bertz CT molecular complexity index is 1150. The highest BCUT2D eigenvalue weighted by atomic mass is 16.2. The lowest BCUT2D eigenvalue weighted by Crippen LogP contribution is -2.44. The smallest absolute Gasteiger partial charge is 0.323 e. The molecule has 3 aromatic rings. The molecule has 2 fully saturated rings. The Morgan fingerprint density at radius 3 is 2.57 bits per heavy atom. The number of urea groups is 1. The van der Waals surface area contributed by atoms with Gasteiger partial charge in [0.1, 0.15) is 29.2 Å². The molecule has 1 spiro atoms. The summed E-state index contributed by atoms with van der Waals surface area (Å²) in [6.45, 7) is -0.333. The van der Waals surface area contributed by atoms with Gasteiger partial charge < -0.3 is 10.6 Å². The first kappa shape index (κ1) is 18.4. The van der Waals surface area contributed by atoms with E-state index in [0.29, 0.717) is 30.0 Å². The molecule has 1 saturated heterocycles. The van der Waals surface area contributed by atoms with E-state index in [1.807, 2.05) is 54.7 Å². The number of benzene rings is 1. The number of carbonyl (C=O) groups excluding carboxylic acids is 3. The summed E-state index contributed by atoms with van der Waals surface area (Å²) in [5.74, 6) is -0.248. The summed E-state index contributed by atoms with van der Waals surface area (Å²) in [6, 6.07) is 14.6. The lowest BCUT2D eigenvalue weighted by molar-refractivity contribution is -0.133. The van der Waals surface area contributed by atoms with E-state index in [1.54, 1.807) is 4.40 Å². The molecule has 2 N–H and O–H groups in total. The SMILES string of the molecule is O=C(CN1C(=O)NC2(CCCC2)C1=O)Nc1c(-c2ccccc2)nc2ccccn12. The molecule has 5 rings (SSSR count). The minimum Gasteiger partial charge on any atom is -0.323 e. The van der Waals surface area contributed by atoms with Crippen molar-refractivity contribution in [3.05, 3.63) is 54.7 Å². The quantitative estimate of drug-likeness (QED) is 0.655. The van der Waals surface area contributed by atoms with Gasteiger partial charge in [-0.2, -0.15) is 0 Å². The number of imidazole rings is 1. The monoisotopic (exact) mass is 403 g/mol. The summed E-state index contributed by atoms with van der Waals surface area (Å²) in [5.41, 5.74) is 1.35. The first-order valence-electron chi connectivity index (χ1n) is 10.0. The third kappa shape index (κ3) is 2.92. The molecule has 3 heterocycles. The largest absolute Gasteiger partial charge is 0.325 e. The third-order valence-corrected chi connectivity index (χ3v) is 5.84. The number of nitrogens with zero attached hydrogens (tertiary/aromatic N) is 3. The molecule has 152 valence electrons. The van der Waals surface area contributed by atoms with Crippen molar-refractivity contribution >= 4 is 29.3 Å². The number of imide groups is 1. The average molecular weight is 403 g/mol. The van der Waals surface area contributed by atoms with E-state index >= 15 is 0 Å². The van der Waals surface area contributed by atoms with Gasteiger partial charge in [-0.05, 0) is 25.0 Å².